The van der Waals surface area contributed by atoms with Crippen LogP contribution in [0, 0.1) is 11.2 Å². The molecule has 7 rings (SSSR count). The van der Waals surface area contributed by atoms with Gasteiger partial charge in [0.15, 0.2) is 0 Å². The van der Waals surface area contributed by atoms with Crippen molar-refractivity contribution in [2.45, 2.75) is 58.1 Å². The number of hydrogen-bond donors (Lipinski definition) is 0. The van der Waals surface area contributed by atoms with Crippen molar-refractivity contribution in [3.8, 4) is 11.1 Å². The van der Waals surface area contributed by atoms with Gasteiger partial charge in [0.05, 0.1) is 31.1 Å². The second kappa shape index (κ2) is 10.9. The van der Waals surface area contributed by atoms with E-state index in [0.29, 0.717) is 29.9 Å². The molecular formula is C32H32F2LiN5O5. The number of amides is 2. The Labute approximate surface area is 271 Å². The molecule has 13 heteroatoms. The van der Waals surface area contributed by atoms with E-state index >= 15 is 4.39 Å². The molecule has 1 spiro atoms. The van der Waals surface area contributed by atoms with Crippen molar-refractivity contribution in [1.82, 2.24) is 19.4 Å². The summed E-state index contributed by atoms with van der Waals surface area (Å²) in [4.78, 5) is 47.2. The number of carboxylic acids is 1. The van der Waals surface area contributed by atoms with Gasteiger partial charge in [-0.1, -0.05) is 12.1 Å². The maximum atomic E-state index is 15.4. The van der Waals surface area contributed by atoms with Crippen LogP contribution in [0.3, 0.4) is 0 Å². The first-order valence-electron chi connectivity index (χ1n) is 14.7. The van der Waals surface area contributed by atoms with Gasteiger partial charge in [-0.25, -0.2) is 18.6 Å². The fourth-order valence-electron chi connectivity index (χ4n) is 6.89. The standard InChI is InChI=1S/C32H33F2N5O5.Li/c1-31(2,3)44-30(43)38-15-32(16-38)13-37(14-32)21-6-4-18(5-7-21)19-8-22-23(24(34)9-19)12-39(28(22)40)27(29(41)42)26-25-10-20(33)11-36(25)17-35-26;/h4-9,17,20,27H,10-16H2,1-3H3,(H,41,42);/q;+1/p-1/t20-,27?;/m1./s1. The molecule has 5 heterocycles. The number of carbonyl (C=O) groups excluding carboxylic acids is 3. The average Bonchev–Trinajstić information content (AvgIpc) is 3.55. The Morgan fingerprint density at radius 1 is 1.09 bits per heavy atom. The van der Waals surface area contributed by atoms with Gasteiger partial charge in [0.1, 0.15) is 23.6 Å². The van der Waals surface area contributed by atoms with Crippen LogP contribution < -0.4 is 28.9 Å². The predicted molar refractivity (Wildman–Crippen MR) is 153 cm³/mol. The number of alkyl halides is 1. The van der Waals surface area contributed by atoms with Crippen LogP contribution in [0.1, 0.15) is 54.1 Å². The van der Waals surface area contributed by atoms with Crippen molar-refractivity contribution < 1.29 is 51.9 Å². The number of hydrogen-bond acceptors (Lipinski definition) is 7. The SMILES string of the molecule is CC(C)(C)OC(=O)N1CC2(C1)CN(c1ccc(-c3cc(F)c4c(c3)C(=O)N(C(C(=O)[O-])c3ncn5c3C[C@@H](F)C5)C4)cc1)C2.[Li+]. The number of anilines is 1. The molecule has 4 aliphatic rings. The van der Waals surface area contributed by atoms with Crippen LogP contribution in [0.15, 0.2) is 42.7 Å². The van der Waals surface area contributed by atoms with Crippen molar-refractivity contribution in [2.24, 2.45) is 5.41 Å². The minimum Gasteiger partial charge on any atom is -0.547 e. The molecule has 2 aromatic carbocycles. The molecule has 4 aliphatic heterocycles. The van der Waals surface area contributed by atoms with Crippen molar-refractivity contribution in [3.63, 3.8) is 0 Å². The Morgan fingerprint density at radius 3 is 2.42 bits per heavy atom. The molecule has 1 unspecified atom stereocenters. The van der Waals surface area contributed by atoms with Gasteiger partial charge < -0.3 is 33.9 Å². The number of carboxylic acid groups (broad SMARTS) is 1. The average molecular weight is 612 g/mol. The van der Waals surface area contributed by atoms with E-state index in [0.717, 1.165) is 23.7 Å². The first-order valence-corrected chi connectivity index (χ1v) is 14.7. The van der Waals surface area contributed by atoms with Gasteiger partial charge in [0.25, 0.3) is 5.91 Å². The molecule has 0 N–H and O–H groups in total. The molecule has 0 bridgehead atoms. The molecule has 230 valence electrons. The van der Waals surface area contributed by atoms with Crippen molar-refractivity contribution >= 4 is 23.7 Å². The Bertz CT molecular complexity index is 1690. The summed E-state index contributed by atoms with van der Waals surface area (Å²) in [5.74, 6) is -2.81. The summed E-state index contributed by atoms with van der Waals surface area (Å²) in [5, 5.41) is 12.2. The number of likely N-dealkylation sites (tertiary alicyclic amines) is 1. The number of fused-ring (bicyclic) bond motifs is 2. The molecule has 45 heavy (non-hydrogen) atoms. The van der Waals surface area contributed by atoms with Crippen LogP contribution >= 0.6 is 0 Å². The number of aliphatic carboxylic acids is 1. The summed E-state index contributed by atoms with van der Waals surface area (Å²) < 4.78 is 36.4. The molecular weight excluding hydrogens is 579 g/mol. The van der Waals surface area contributed by atoms with E-state index in [4.69, 9.17) is 4.74 Å². The molecule has 1 aromatic heterocycles. The number of aromatic nitrogens is 2. The zero-order valence-corrected chi connectivity index (χ0v) is 25.7. The van der Waals surface area contributed by atoms with Crippen LogP contribution in [0.4, 0.5) is 19.3 Å². The van der Waals surface area contributed by atoms with Gasteiger partial charge in [-0.15, -0.1) is 0 Å². The number of nitrogens with zero attached hydrogens (tertiary/aromatic N) is 5. The number of ether oxygens (including phenoxy) is 1. The summed E-state index contributed by atoms with van der Waals surface area (Å²) in [6.45, 7) is 8.31. The zero-order chi connectivity index (χ0) is 31.1. The van der Waals surface area contributed by atoms with Gasteiger partial charge in [0.2, 0.25) is 0 Å². The quantitative estimate of drug-likeness (QED) is 0.377. The van der Waals surface area contributed by atoms with Crippen LogP contribution in [0.2, 0.25) is 0 Å². The molecule has 0 aliphatic carbocycles. The molecule has 2 saturated heterocycles. The smallest absolute Gasteiger partial charge is 0.547 e. The summed E-state index contributed by atoms with van der Waals surface area (Å²) in [5.41, 5.74) is 2.38. The van der Waals surface area contributed by atoms with Gasteiger partial charge in [-0.3, -0.25) is 4.79 Å². The Kier molecular flexibility index (Phi) is 7.52. The normalized spacial score (nSPS) is 20.2. The van der Waals surface area contributed by atoms with Crippen LogP contribution in [-0.4, -0.2) is 75.3 Å². The van der Waals surface area contributed by atoms with E-state index in [1.165, 1.54) is 17.0 Å². The van der Waals surface area contributed by atoms with Crippen molar-refractivity contribution in [1.29, 1.82) is 0 Å². The van der Waals surface area contributed by atoms with E-state index in [1.54, 1.807) is 11.0 Å². The fraction of sp³-hybridized carbons (Fsp3) is 0.438. The molecule has 3 aromatic rings. The van der Waals surface area contributed by atoms with Crippen LogP contribution in [-0.2, 0) is 29.0 Å². The monoisotopic (exact) mass is 611 g/mol. The van der Waals surface area contributed by atoms with Crippen molar-refractivity contribution in [3.05, 3.63) is 71.1 Å². The first kappa shape index (κ1) is 31.1. The van der Waals surface area contributed by atoms with Gasteiger partial charge in [0, 0.05) is 60.5 Å². The second-order valence-electron chi connectivity index (χ2n) is 13.4. The van der Waals surface area contributed by atoms with E-state index < -0.39 is 35.5 Å². The third-order valence-electron chi connectivity index (χ3n) is 8.92. The van der Waals surface area contributed by atoms with Gasteiger partial charge >= 0.3 is 25.0 Å². The zero-order valence-electron chi connectivity index (χ0n) is 25.7. The molecule has 0 radical (unpaired) electrons. The van der Waals surface area contributed by atoms with E-state index in [2.05, 4.69) is 9.88 Å². The summed E-state index contributed by atoms with van der Waals surface area (Å²) in [7, 11) is 0. The van der Waals surface area contributed by atoms with Crippen molar-refractivity contribution in [2.75, 3.05) is 31.1 Å². The van der Waals surface area contributed by atoms with E-state index in [-0.39, 0.29) is 66.7 Å². The topological polar surface area (TPSA) is 111 Å². The number of benzene rings is 2. The molecule has 2 amide bonds. The summed E-state index contributed by atoms with van der Waals surface area (Å²) >= 11 is 0. The number of imidazole rings is 1. The largest absolute Gasteiger partial charge is 1.00 e. The molecule has 2 fully saturated rings. The summed E-state index contributed by atoms with van der Waals surface area (Å²) in [6.07, 6.45) is -0.0987. The third-order valence-corrected chi connectivity index (χ3v) is 8.92. The minimum atomic E-state index is -1.56. The third kappa shape index (κ3) is 5.38. The fourth-order valence-corrected chi connectivity index (χ4v) is 6.89. The predicted octanol–water partition coefficient (Wildman–Crippen LogP) is 0.0915. The van der Waals surface area contributed by atoms with E-state index in [9.17, 15) is 23.9 Å². The maximum Gasteiger partial charge on any atom is 1.00 e. The van der Waals surface area contributed by atoms with Gasteiger partial charge in [-0.05, 0) is 56.2 Å². The summed E-state index contributed by atoms with van der Waals surface area (Å²) in [6, 6.07) is 8.96. The number of halogens is 2. The van der Waals surface area contributed by atoms with E-state index in [1.807, 2.05) is 45.0 Å². The first-order chi connectivity index (χ1) is 20.8. The molecule has 10 nitrogen and oxygen atoms in total. The molecule has 2 atom stereocenters. The molecule has 0 saturated carbocycles. The number of carbonyl (C=O) groups is 3. The minimum absolute atomic E-state index is 0. The van der Waals surface area contributed by atoms with Crippen LogP contribution in [0.25, 0.3) is 11.1 Å². The maximum absolute atomic E-state index is 15.4. The van der Waals surface area contributed by atoms with Gasteiger partial charge in [-0.2, -0.15) is 0 Å². The Morgan fingerprint density at radius 2 is 1.78 bits per heavy atom. The Balaban J connectivity index is 0.00000357. The Hall–Kier alpha value is -3.88. The second-order valence-corrected chi connectivity index (χ2v) is 13.4. The van der Waals surface area contributed by atoms with Crippen LogP contribution in [0.5, 0.6) is 0 Å². The number of rotatable bonds is 5.